The number of allylic oxidation sites excluding steroid dienone is 2. The molecule has 1 aromatic rings. The predicted octanol–water partition coefficient (Wildman–Crippen LogP) is 3.75. The van der Waals surface area contributed by atoms with E-state index in [9.17, 15) is 0 Å². The molecule has 0 amide bonds. The van der Waals surface area contributed by atoms with E-state index in [-0.39, 0.29) is 0 Å². The van der Waals surface area contributed by atoms with Crippen molar-refractivity contribution >= 4 is 11.1 Å². The summed E-state index contributed by atoms with van der Waals surface area (Å²) in [6, 6.07) is 8.30. The summed E-state index contributed by atoms with van der Waals surface area (Å²) in [5, 5.41) is 0. The lowest BCUT2D eigenvalue weighted by molar-refractivity contribution is 1.53. The summed E-state index contributed by atoms with van der Waals surface area (Å²) in [6.45, 7) is 11.8. The quantitative estimate of drug-likeness (QED) is 0.615. The molecule has 0 N–H and O–H groups in total. The molecular weight excluding hydrogens is 144 g/mol. The summed E-state index contributed by atoms with van der Waals surface area (Å²) in [4.78, 5) is 0. The number of benzene rings is 1. The molecule has 0 atom stereocenters. The van der Waals surface area contributed by atoms with Crippen LogP contribution < -0.4 is 0 Å². The third-order valence-electron chi connectivity index (χ3n) is 1.87. The highest BCUT2D eigenvalue weighted by molar-refractivity contribution is 5.66. The summed E-state index contributed by atoms with van der Waals surface area (Å²) < 4.78 is 0. The van der Waals surface area contributed by atoms with Crippen LogP contribution in [0.1, 0.15) is 25.0 Å². The van der Waals surface area contributed by atoms with Gasteiger partial charge in [0.1, 0.15) is 0 Å². The molecule has 12 heavy (non-hydrogen) atoms. The highest BCUT2D eigenvalue weighted by Gasteiger charge is 1.94. The van der Waals surface area contributed by atoms with Crippen molar-refractivity contribution in [3.63, 3.8) is 0 Å². The third-order valence-corrected chi connectivity index (χ3v) is 1.87. The zero-order valence-electron chi connectivity index (χ0n) is 7.72. The van der Waals surface area contributed by atoms with Crippen molar-refractivity contribution in [1.29, 1.82) is 0 Å². The van der Waals surface area contributed by atoms with Gasteiger partial charge in [0, 0.05) is 0 Å². The van der Waals surface area contributed by atoms with E-state index >= 15 is 0 Å². The minimum atomic E-state index is 1.10. The number of hydrogen-bond donors (Lipinski definition) is 0. The van der Waals surface area contributed by atoms with Gasteiger partial charge in [0.25, 0.3) is 0 Å². The highest BCUT2D eigenvalue weighted by atomic mass is 14.0. The van der Waals surface area contributed by atoms with Crippen molar-refractivity contribution in [3.05, 3.63) is 48.6 Å². The first-order chi connectivity index (χ1) is 5.61. The van der Waals surface area contributed by atoms with Crippen molar-refractivity contribution in [1.82, 2.24) is 0 Å². The Labute approximate surface area is 74.2 Å². The van der Waals surface area contributed by atoms with Crippen molar-refractivity contribution < 1.29 is 0 Å². The largest absolute Gasteiger partial charge is 0.0955 e. The smallest absolute Gasteiger partial charge is 0.0233 e. The second-order valence-corrected chi connectivity index (χ2v) is 3.14. The molecule has 0 saturated heterocycles. The molecule has 0 aliphatic rings. The molecule has 0 spiro atoms. The minimum Gasteiger partial charge on any atom is -0.0955 e. The molecule has 0 bridgehead atoms. The number of hydrogen-bond acceptors (Lipinski definition) is 0. The Morgan fingerprint density at radius 2 is 1.08 bits per heavy atom. The highest BCUT2D eigenvalue weighted by Crippen LogP contribution is 2.16. The average Bonchev–Trinajstić information content (AvgIpc) is 2.04. The Morgan fingerprint density at radius 3 is 1.25 bits per heavy atom. The molecule has 0 radical (unpaired) electrons. The summed E-state index contributed by atoms with van der Waals surface area (Å²) in [7, 11) is 0. The Morgan fingerprint density at radius 1 is 0.833 bits per heavy atom. The van der Waals surface area contributed by atoms with Crippen LogP contribution in [0, 0.1) is 0 Å². The van der Waals surface area contributed by atoms with Crippen molar-refractivity contribution in [2.45, 2.75) is 13.8 Å². The maximum Gasteiger partial charge on any atom is -0.0233 e. The maximum atomic E-state index is 3.88. The molecule has 62 valence electrons. The van der Waals surface area contributed by atoms with Gasteiger partial charge in [-0.15, -0.1) is 0 Å². The minimum absolute atomic E-state index is 1.10. The SMILES string of the molecule is C=C(C)c1ccc(C(=C)C)cc1. The van der Waals surface area contributed by atoms with Gasteiger partial charge >= 0.3 is 0 Å². The molecule has 0 nitrogen and oxygen atoms in total. The average molecular weight is 158 g/mol. The zero-order valence-corrected chi connectivity index (χ0v) is 7.72. The van der Waals surface area contributed by atoms with Crippen molar-refractivity contribution in [2.24, 2.45) is 0 Å². The van der Waals surface area contributed by atoms with Gasteiger partial charge in [0.15, 0.2) is 0 Å². The molecule has 0 heterocycles. The van der Waals surface area contributed by atoms with Crippen LogP contribution in [0.25, 0.3) is 11.1 Å². The van der Waals surface area contributed by atoms with Gasteiger partial charge in [-0.3, -0.25) is 0 Å². The monoisotopic (exact) mass is 158 g/mol. The van der Waals surface area contributed by atoms with Gasteiger partial charge in [-0.2, -0.15) is 0 Å². The fourth-order valence-corrected chi connectivity index (χ4v) is 1.04. The van der Waals surface area contributed by atoms with Crippen LogP contribution in [0.2, 0.25) is 0 Å². The topological polar surface area (TPSA) is 0 Å². The van der Waals surface area contributed by atoms with Gasteiger partial charge in [0.2, 0.25) is 0 Å². The van der Waals surface area contributed by atoms with Gasteiger partial charge in [0.05, 0.1) is 0 Å². The molecular formula is C12H14. The van der Waals surface area contributed by atoms with Gasteiger partial charge in [-0.05, 0) is 25.0 Å². The van der Waals surface area contributed by atoms with Crippen LogP contribution in [0.15, 0.2) is 37.4 Å². The van der Waals surface area contributed by atoms with E-state index in [2.05, 4.69) is 37.4 Å². The molecule has 0 aliphatic carbocycles. The Balaban J connectivity index is 3.01. The zero-order chi connectivity index (χ0) is 9.14. The standard InChI is InChI=1S/C12H14/c1-9(2)11-5-7-12(8-6-11)10(3)4/h5-8H,1,3H2,2,4H3. The molecule has 0 heteroatoms. The van der Waals surface area contributed by atoms with E-state index in [1.54, 1.807) is 0 Å². The van der Waals surface area contributed by atoms with Crippen molar-refractivity contribution in [2.75, 3.05) is 0 Å². The van der Waals surface area contributed by atoms with E-state index in [4.69, 9.17) is 0 Å². The molecule has 1 aromatic carbocycles. The lowest BCUT2D eigenvalue weighted by Crippen LogP contribution is -1.80. The van der Waals surface area contributed by atoms with Crippen LogP contribution >= 0.6 is 0 Å². The predicted molar refractivity (Wildman–Crippen MR) is 55.9 cm³/mol. The Kier molecular flexibility index (Phi) is 2.49. The summed E-state index contributed by atoms with van der Waals surface area (Å²) in [6.07, 6.45) is 0. The van der Waals surface area contributed by atoms with E-state index in [1.165, 1.54) is 11.1 Å². The van der Waals surface area contributed by atoms with E-state index in [0.717, 1.165) is 11.1 Å². The summed E-state index contributed by atoms with van der Waals surface area (Å²) in [5.41, 5.74) is 4.59. The van der Waals surface area contributed by atoms with Gasteiger partial charge in [-0.25, -0.2) is 0 Å². The van der Waals surface area contributed by atoms with Crippen molar-refractivity contribution in [3.8, 4) is 0 Å². The van der Waals surface area contributed by atoms with Crippen LogP contribution in [0.4, 0.5) is 0 Å². The second kappa shape index (κ2) is 3.40. The second-order valence-electron chi connectivity index (χ2n) is 3.14. The first kappa shape index (κ1) is 8.79. The Hall–Kier alpha value is -1.30. The van der Waals surface area contributed by atoms with Crippen LogP contribution in [-0.2, 0) is 0 Å². The summed E-state index contributed by atoms with van der Waals surface area (Å²) in [5.74, 6) is 0. The lowest BCUT2D eigenvalue weighted by atomic mass is 10.0. The maximum absolute atomic E-state index is 3.88. The van der Waals surface area contributed by atoms with Crippen LogP contribution in [-0.4, -0.2) is 0 Å². The van der Waals surface area contributed by atoms with E-state index in [0.29, 0.717) is 0 Å². The molecule has 0 unspecified atom stereocenters. The molecule has 0 aliphatic heterocycles. The van der Waals surface area contributed by atoms with Gasteiger partial charge in [-0.1, -0.05) is 48.6 Å². The normalized spacial score (nSPS) is 9.50. The van der Waals surface area contributed by atoms with Crippen LogP contribution in [0.5, 0.6) is 0 Å². The first-order valence-electron chi connectivity index (χ1n) is 4.03. The third kappa shape index (κ3) is 1.85. The first-order valence-corrected chi connectivity index (χ1v) is 4.03. The molecule has 0 saturated carbocycles. The van der Waals surface area contributed by atoms with Gasteiger partial charge < -0.3 is 0 Å². The lowest BCUT2D eigenvalue weighted by Gasteiger charge is -2.02. The van der Waals surface area contributed by atoms with E-state index < -0.39 is 0 Å². The van der Waals surface area contributed by atoms with Crippen LogP contribution in [0.3, 0.4) is 0 Å². The Bertz CT molecular complexity index is 268. The molecule has 1 rings (SSSR count). The summed E-state index contributed by atoms with van der Waals surface area (Å²) >= 11 is 0. The number of rotatable bonds is 2. The molecule has 0 aromatic heterocycles. The fraction of sp³-hybridized carbons (Fsp3) is 0.167. The fourth-order valence-electron chi connectivity index (χ4n) is 1.04. The van der Waals surface area contributed by atoms with E-state index in [1.807, 2.05) is 13.8 Å². The molecule has 0 fully saturated rings.